The average Bonchev–Trinajstić information content (AvgIpc) is 2.26. The summed E-state index contributed by atoms with van der Waals surface area (Å²) in [5, 5.41) is 14.1. The van der Waals surface area contributed by atoms with E-state index in [0.717, 1.165) is 12.1 Å². The Kier molecular flexibility index (Phi) is 5.13. The Morgan fingerprint density at radius 3 is 2.44 bits per heavy atom. The molecule has 0 saturated heterocycles. The summed E-state index contributed by atoms with van der Waals surface area (Å²) in [6.07, 6.45) is 2.29. The molecule has 100 valence electrons. The fraction of sp³-hybridized carbons (Fsp3) is 0.571. The van der Waals surface area contributed by atoms with Crippen molar-refractivity contribution in [3.63, 3.8) is 0 Å². The summed E-state index contributed by atoms with van der Waals surface area (Å²) >= 11 is 0. The van der Waals surface area contributed by atoms with Gasteiger partial charge in [-0.2, -0.15) is 0 Å². The summed E-state index contributed by atoms with van der Waals surface area (Å²) < 4.78 is 0. The zero-order valence-electron chi connectivity index (χ0n) is 11.6. The van der Waals surface area contributed by atoms with Crippen LogP contribution in [-0.4, -0.2) is 11.0 Å². The van der Waals surface area contributed by atoms with Crippen LogP contribution < -0.4 is 5.32 Å². The summed E-state index contributed by atoms with van der Waals surface area (Å²) in [6.45, 7) is 8.33. The normalized spacial score (nSPS) is 12.5. The molecule has 4 heteroatoms. The van der Waals surface area contributed by atoms with Crippen molar-refractivity contribution in [1.82, 2.24) is 0 Å². The monoisotopic (exact) mass is 250 g/mol. The van der Waals surface area contributed by atoms with Gasteiger partial charge in [0.1, 0.15) is 0 Å². The van der Waals surface area contributed by atoms with E-state index in [9.17, 15) is 10.1 Å². The van der Waals surface area contributed by atoms with E-state index < -0.39 is 0 Å². The Bertz CT molecular complexity index is 416. The maximum Gasteiger partial charge on any atom is 0.272 e. The first-order valence-electron chi connectivity index (χ1n) is 6.41. The lowest BCUT2D eigenvalue weighted by Gasteiger charge is -2.16. The van der Waals surface area contributed by atoms with Crippen LogP contribution in [-0.2, 0) is 0 Å². The summed E-state index contributed by atoms with van der Waals surface area (Å²) in [4.78, 5) is 10.4. The van der Waals surface area contributed by atoms with Gasteiger partial charge < -0.3 is 5.32 Å². The molecular weight excluding hydrogens is 228 g/mol. The van der Waals surface area contributed by atoms with Gasteiger partial charge in [0.05, 0.1) is 4.92 Å². The summed E-state index contributed by atoms with van der Waals surface area (Å²) in [5.74, 6) is 0.702. The Morgan fingerprint density at radius 2 is 1.94 bits per heavy atom. The molecule has 0 radical (unpaired) electrons. The highest BCUT2D eigenvalue weighted by Gasteiger charge is 2.11. The lowest BCUT2D eigenvalue weighted by Crippen LogP contribution is -2.15. The largest absolute Gasteiger partial charge is 0.383 e. The minimum atomic E-state index is -0.346. The van der Waals surface area contributed by atoms with Crippen molar-refractivity contribution in [2.75, 3.05) is 5.32 Å². The van der Waals surface area contributed by atoms with E-state index in [-0.39, 0.29) is 10.6 Å². The van der Waals surface area contributed by atoms with E-state index >= 15 is 0 Å². The first kappa shape index (κ1) is 14.5. The fourth-order valence-electron chi connectivity index (χ4n) is 1.89. The first-order chi connectivity index (χ1) is 8.40. The third-order valence-corrected chi connectivity index (χ3v) is 2.98. The molecule has 1 unspecified atom stereocenters. The average molecular weight is 250 g/mol. The van der Waals surface area contributed by atoms with Crippen molar-refractivity contribution in [3.8, 4) is 0 Å². The SMILES string of the molecule is Cc1cc(NC(C)CCC(C)C)ccc1[N+](=O)[O-]. The summed E-state index contributed by atoms with van der Waals surface area (Å²) in [7, 11) is 0. The Morgan fingerprint density at radius 1 is 1.28 bits per heavy atom. The number of benzene rings is 1. The van der Waals surface area contributed by atoms with Gasteiger partial charge in [-0.1, -0.05) is 13.8 Å². The van der Waals surface area contributed by atoms with Gasteiger partial charge in [-0.05, 0) is 44.7 Å². The maximum absolute atomic E-state index is 10.7. The number of nitrogens with zero attached hydrogens (tertiary/aromatic N) is 1. The molecule has 0 saturated carbocycles. The molecule has 0 aliphatic carbocycles. The molecule has 0 aliphatic heterocycles. The Labute approximate surface area is 109 Å². The molecule has 0 aromatic heterocycles. The fourth-order valence-corrected chi connectivity index (χ4v) is 1.89. The van der Waals surface area contributed by atoms with Crippen molar-refractivity contribution >= 4 is 11.4 Å². The van der Waals surface area contributed by atoms with E-state index in [1.54, 1.807) is 19.1 Å². The highest BCUT2D eigenvalue weighted by molar-refractivity contribution is 5.53. The number of aryl methyl sites for hydroxylation is 1. The highest BCUT2D eigenvalue weighted by atomic mass is 16.6. The second-order valence-corrected chi connectivity index (χ2v) is 5.27. The third-order valence-electron chi connectivity index (χ3n) is 2.98. The zero-order chi connectivity index (χ0) is 13.7. The number of anilines is 1. The van der Waals surface area contributed by atoms with Gasteiger partial charge in [0, 0.05) is 23.4 Å². The van der Waals surface area contributed by atoms with E-state index in [1.807, 2.05) is 6.07 Å². The van der Waals surface area contributed by atoms with E-state index in [1.165, 1.54) is 6.42 Å². The van der Waals surface area contributed by atoms with Crippen LogP contribution in [0.5, 0.6) is 0 Å². The van der Waals surface area contributed by atoms with Crippen LogP contribution in [0.25, 0.3) is 0 Å². The van der Waals surface area contributed by atoms with Crippen LogP contribution in [0.15, 0.2) is 18.2 Å². The van der Waals surface area contributed by atoms with Crippen molar-refractivity contribution in [3.05, 3.63) is 33.9 Å². The lowest BCUT2D eigenvalue weighted by molar-refractivity contribution is -0.385. The standard InChI is InChI=1S/C14H22N2O2/c1-10(2)5-6-12(4)15-13-7-8-14(16(17)18)11(3)9-13/h7-10,12,15H,5-6H2,1-4H3. The molecule has 1 N–H and O–H groups in total. The molecule has 0 fully saturated rings. The van der Waals surface area contributed by atoms with Gasteiger partial charge >= 0.3 is 0 Å². The topological polar surface area (TPSA) is 55.2 Å². The van der Waals surface area contributed by atoms with Gasteiger partial charge in [-0.15, -0.1) is 0 Å². The van der Waals surface area contributed by atoms with Crippen LogP contribution in [0, 0.1) is 23.0 Å². The number of hydrogen-bond acceptors (Lipinski definition) is 3. The first-order valence-corrected chi connectivity index (χ1v) is 6.41. The van der Waals surface area contributed by atoms with Gasteiger partial charge in [-0.3, -0.25) is 10.1 Å². The summed E-state index contributed by atoms with van der Waals surface area (Å²) in [6, 6.07) is 5.56. The molecule has 1 aromatic carbocycles. The molecule has 0 amide bonds. The van der Waals surface area contributed by atoms with Crippen LogP contribution in [0.4, 0.5) is 11.4 Å². The number of nitro groups is 1. The molecule has 1 rings (SSSR count). The third kappa shape index (κ3) is 4.35. The zero-order valence-corrected chi connectivity index (χ0v) is 11.6. The second kappa shape index (κ2) is 6.38. The number of nitrogens with one attached hydrogen (secondary N) is 1. The minimum absolute atomic E-state index is 0.176. The van der Waals surface area contributed by atoms with Gasteiger partial charge in [0.15, 0.2) is 0 Å². The minimum Gasteiger partial charge on any atom is -0.383 e. The summed E-state index contributed by atoms with van der Waals surface area (Å²) in [5.41, 5.74) is 1.82. The van der Waals surface area contributed by atoms with E-state index in [4.69, 9.17) is 0 Å². The van der Waals surface area contributed by atoms with Crippen LogP contribution in [0.1, 0.15) is 39.2 Å². The molecule has 4 nitrogen and oxygen atoms in total. The molecular formula is C14H22N2O2. The van der Waals surface area contributed by atoms with Crippen molar-refractivity contribution in [2.24, 2.45) is 5.92 Å². The lowest BCUT2D eigenvalue weighted by atomic mass is 10.0. The number of nitro benzene ring substituents is 1. The molecule has 1 aromatic rings. The molecule has 0 bridgehead atoms. The Hall–Kier alpha value is -1.58. The van der Waals surface area contributed by atoms with Crippen LogP contribution in [0.2, 0.25) is 0 Å². The molecule has 18 heavy (non-hydrogen) atoms. The van der Waals surface area contributed by atoms with Crippen LogP contribution >= 0.6 is 0 Å². The molecule has 0 heterocycles. The second-order valence-electron chi connectivity index (χ2n) is 5.27. The number of rotatable bonds is 6. The molecule has 0 aliphatic rings. The van der Waals surface area contributed by atoms with Crippen molar-refractivity contribution in [2.45, 2.75) is 46.6 Å². The smallest absolute Gasteiger partial charge is 0.272 e. The van der Waals surface area contributed by atoms with E-state index in [0.29, 0.717) is 17.5 Å². The highest BCUT2D eigenvalue weighted by Crippen LogP contribution is 2.22. The predicted molar refractivity (Wildman–Crippen MR) is 75.0 cm³/mol. The molecule has 1 atom stereocenters. The van der Waals surface area contributed by atoms with E-state index in [2.05, 4.69) is 26.1 Å². The quantitative estimate of drug-likeness (QED) is 0.609. The van der Waals surface area contributed by atoms with Gasteiger partial charge in [-0.25, -0.2) is 0 Å². The Balaban J connectivity index is 2.63. The maximum atomic E-state index is 10.7. The predicted octanol–water partition coefficient (Wildman–Crippen LogP) is 4.14. The molecule has 0 spiro atoms. The van der Waals surface area contributed by atoms with Gasteiger partial charge in [0.2, 0.25) is 0 Å². The van der Waals surface area contributed by atoms with Crippen LogP contribution in [0.3, 0.4) is 0 Å². The van der Waals surface area contributed by atoms with Gasteiger partial charge in [0.25, 0.3) is 5.69 Å². The van der Waals surface area contributed by atoms with Crippen molar-refractivity contribution in [1.29, 1.82) is 0 Å². The van der Waals surface area contributed by atoms with Crippen molar-refractivity contribution < 1.29 is 4.92 Å². The number of hydrogen-bond donors (Lipinski definition) is 1.